The van der Waals surface area contributed by atoms with Gasteiger partial charge in [-0.2, -0.15) is 5.10 Å². The summed E-state index contributed by atoms with van der Waals surface area (Å²) in [6, 6.07) is 11.1. The minimum atomic E-state index is 0.609. The summed E-state index contributed by atoms with van der Waals surface area (Å²) in [5.41, 5.74) is 2.44. The Balaban J connectivity index is 1.62. The van der Waals surface area contributed by atoms with Crippen molar-refractivity contribution in [3.8, 4) is 0 Å². The van der Waals surface area contributed by atoms with Crippen molar-refractivity contribution in [2.45, 2.75) is 45.2 Å². The van der Waals surface area contributed by atoms with Crippen LogP contribution in [0.3, 0.4) is 0 Å². The van der Waals surface area contributed by atoms with Gasteiger partial charge in [-0.05, 0) is 24.3 Å². The summed E-state index contributed by atoms with van der Waals surface area (Å²) in [7, 11) is 0. The Morgan fingerprint density at radius 1 is 1.20 bits per heavy atom. The number of benzene rings is 1. The average molecular weight is 269 g/mol. The van der Waals surface area contributed by atoms with E-state index in [9.17, 15) is 0 Å². The zero-order valence-corrected chi connectivity index (χ0v) is 12.1. The van der Waals surface area contributed by atoms with Crippen LogP contribution in [0.5, 0.6) is 0 Å². The van der Waals surface area contributed by atoms with Gasteiger partial charge in [-0.1, -0.05) is 50.1 Å². The SMILES string of the molecule is CC1CCCCC1Nc1cnn(Cc2ccccc2)c1. The van der Waals surface area contributed by atoms with Crippen LogP contribution in [0.1, 0.15) is 38.2 Å². The van der Waals surface area contributed by atoms with E-state index in [1.54, 1.807) is 0 Å². The van der Waals surface area contributed by atoms with Crippen LogP contribution in [0.15, 0.2) is 42.7 Å². The van der Waals surface area contributed by atoms with Crippen LogP contribution in [0, 0.1) is 5.92 Å². The first-order valence-electron chi connectivity index (χ1n) is 7.64. The maximum Gasteiger partial charge on any atom is 0.0728 e. The molecule has 20 heavy (non-hydrogen) atoms. The van der Waals surface area contributed by atoms with Gasteiger partial charge in [0, 0.05) is 12.2 Å². The Morgan fingerprint density at radius 2 is 2.00 bits per heavy atom. The van der Waals surface area contributed by atoms with E-state index >= 15 is 0 Å². The molecule has 0 saturated heterocycles. The van der Waals surface area contributed by atoms with Crippen molar-refractivity contribution < 1.29 is 0 Å². The lowest BCUT2D eigenvalue weighted by Gasteiger charge is -2.29. The van der Waals surface area contributed by atoms with Gasteiger partial charge in [-0.25, -0.2) is 0 Å². The number of nitrogens with one attached hydrogen (secondary N) is 1. The number of nitrogens with zero attached hydrogens (tertiary/aromatic N) is 2. The van der Waals surface area contributed by atoms with Gasteiger partial charge in [0.25, 0.3) is 0 Å². The van der Waals surface area contributed by atoms with Gasteiger partial charge in [-0.15, -0.1) is 0 Å². The number of anilines is 1. The van der Waals surface area contributed by atoms with E-state index in [2.05, 4.69) is 47.8 Å². The van der Waals surface area contributed by atoms with Crippen LogP contribution in [-0.4, -0.2) is 15.8 Å². The van der Waals surface area contributed by atoms with Crippen molar-refractivity contribution in [1.82, 2.24) is 9.78 Å². The maximum absolute atomic E-state index is 4.46. The lowest BCUT2D eigenvalue weighted by molar-refractivity contribution is 0.349. The van der Waals surface area contributed by atoms with Gasteiger partial charge in [0.15, 0.2) is 0 Å². The maximum atomic E-state index is 4.46. The first-order chi connectivity index (χ1) is 9.81. The van der Waals surface area contributed by atoms with E-state index in [0.29, 0.717) is 6.04 Å². The molecular weight excluding hydrogens is 246 g/mol. The van der Waals surface area contributed by atoms with Gasteiger partial charge in [0.1, 0.15) is 0 Å². The molecule has 0 amide bonds. The number of hydrogen-bond donors (Lipinski definition) is 1. The van der Waals surface area contributed by atoms with Crippen LogP contribution in [0.4, 0.5) is 5.69 Å². The first kappa shape index (κ1) is 13.2. The van der Waals surface area contributed by atoms with Crippen LogP contribution in [-0.2, 0) is 6.54 Å². The monoisotopic (exact) mass is 269 g/mol. The summed E-state index contributed by atoms with van der Waals surface area (Å²) in [6.45, 7) is 3.19. The fourth-order valence-electron chi connectivity index (χ4n) is 3.04. The van der Waals surface area contributed by atoms with Gasteiger partial charge in [0.05, 0.1) is 18.4 Å². The number of aromatic nitrogens is 2. The summed E-state index contributed by atoms with van der Waals surface area (Å²) < 4.78 is 2.01. The third-order valence-electron chi connectivity index (χ3n) is 4.28. The lowest BCUT2D eigenvalue weighted by atomic mass is 9.86. The quantitative estimate of drug-likeness (QED) is 0.911. The summed E-state index contributed by atoms with van der Waals surface area (Å²) >= 11 is 0. The Labute approximate surface area is 121 Å². The Morgan fingerprint density at radius 3 is 2.80 bits per heavy atom. The molecule has 1 heterocycles. The Kier molecular flexibility index (Phi) is 4.05. The summed E-state index contributed by atoms with van der Waals surface area (Å²) in [5.74, 6) is 0.765. The highest BCUT2D eigenvalue weighted by atomic mass is 15.3. The Bertz CT molecular complexity index is 532. The minimum absolute atomic E-state index is 0.609. The molecule has 0 bridgehead atoms. The number of rotatable bonds is 4. The average Bonchev–Trinajstić information content (AvgIpc) is 2.90. The molecule has 3 heteroatoms. The first-order valence-corrected chi connectivity index (χ1v) is 7.64. The van der Waals surface area contributed by atoms with E-state index < -0.39 is 0 Å². The second kappa shape index (κ2) is 6.12. The fourth-order valence-corrected chi connectivity index (χ4v) is 3.04. The molecule has 0 radical (unpaired) electrons. The van der Waals surface area contributed by atoms with Crippen molar-refractivity contribution in [2.24, 2.45) is 5.92 Å². The summed E-state index contributed by atoms with van der Waals surface area (Å²) in [4.78, 5) is 0. The van der Waals surface area contributed by atoms with Crippen LogP contribution >= 0.6 is 0 Å². The predicted molar refractivity (Wildman–Crippen MR) is 82.8 cm³/mol. The molecule has 1 aliphatic carbocycles. The molecule has 1 fully saturated rings. The minimum Gasteiger partial charge on any atom is -0.380 e. The molecule has 2 unspecified atom stereocenters. The second-order valence-electron chi connectivity index (χ2n) is 5.92. The van der Waals surface area contributed by atoms with Gasteiger partial charge >= 0.3 is 0 Å². The topological polar surface area (TPSA) is 29.9 Å². The van der Waals surface area contributed by atoms with E-state index in [1.165, 1.54) is 31.2 Å². The third-order valence-corrected chi connectivity index (χ3v) is 4.28. The normalized spacial score (nSPS) is 22.6. The molecule has 1 aromatic heterocycles. The molecule has 1 aromatic carbocycles. The highest BCUT2D eigenvalue weighted by Gasteiger charge is 2.21. The summed E-state index contributed by atoms with van der Waals surface area (Å²) in [6.07, 6.45) is 9.42. The highest BCUT2D eigenvalue weighted by Crippen LogP contribution is 2.26. The highest BCUT2D eigenvalue weighted by molar-refractivity contribution is 5.39. The van der Waals surface area contributed by atoms with Crippen LogP contribution in [0.25, 0.3) is 0 Å². The van der Waals surface area contributed by atoms with Gasteiger partial charge in [0.2, 0.25) is 0 Å². The van der Waals surface area contributed by atoms with Crippen molar-refractivity contribution in [3.05, 3.63) is 48.3 Å². The van der Waals surface area contributed by atoms with E-state index in [0.717, 1.165) is 18.2 Å². The van der Waals surface area contributed by atoms with Crippen molar-refractivity contribution in [2.75, 3.05) is 5.32 Å². The van der Waals surface area contributed by atoms with Crippen molar-refractivity contribution in [3.63, 3.8) is 0 Å². The molecule has 3 nitrogen and oxygen atoms in total. The van der Waals surface area contributed by atoms with Crippen LogP contribution < -0.4 is 5.32 Å². The smallest absolute Gasteiger partial charge is 0.0728 e. The largest absolute Gasteiger partial charge is 0.380 e. The molecule has 106 valence electrons. The number of hydrogen-bond acceptors (Lipinski definition) is 2. The van der Waals surface area contributed by atoms with E-state index in [4.69, 9.17) is 0 Å². The standard InChI is InChI=1S/C17H23N3/c1-14-7-5-6-10-17(14)19-16-11-18-20(13-16)12-15-8-3-2-4-9-15/h2-4,8-9,11,13-14,17,19H,5-7,10,12H2,1H3. The van der Waals surface area contributed by atoms with Crippen molar-refractivity contribution in [1.29, 1.82) is 0 Å². The lowest BCUT2D eigenvalue weighted by Crippen LogP contribution is -2.30. The molecule has 0 aliphatic heterocycles. The van der Waals surface area contributed by atoms with E-state index in [-0.39, 0.29) is 0 Å². The predicted octanol–water partition coefficient (Wildman–Crippen LogP) is 3.92. The van der Waals surface area contributed by atoms with Crippen molar-refractivity contribution >= 4 is 5.69 Å². The zero-order valence-electron chi connectivity index (χ0n) is 12.1. The third kappa shape index (κ3) is 3.21. The molecule has 1 aliphatic rings. The molecule has 0 spiro atoms. The molecule has 1 saturated carbocycles. The second-order valence-corrected chi connectivity index (χ2v) is 5.92. The zero-order chi connectivity index (χ0) is 13.8. The molecule has 3 rings (SSSR count). The molecule has 1 N–H and O–H groups in total. The Hall–Kier alpha value is -1.77. The van der Waals surface area contributed by atoms with Gasteiger partial charge in [-0.3, -0.25) is 4.68 Å². The van der Waals surface area contributed by atoms with Crippen LogP contribution in [0.2, 0.25) is 0 Å². The fraction of sp³-hybridized carbons (Fsp3) is 0.471. The van der Waals surface area contributed by atoms with E-state index in [1.807, 2.05) is 16.9 Å². The summed E-state index contributed by atoms with van der Waals surface area (Å²) in [5, 5.41) is 8.11. The molecular formula is C17H23N3. The molecule has 2 atom stereocenters. The molecule has 2 aromatic rings. The van der Waals surface area contributed by atoms with Gasteiger partial charge < -0.3 is 5.32 Å².